The molecule has 0 unspecified atom stereocenters. The first-order valence-electron chi connectivity index (χ1n) is 9.20. The van der Waals surface area contributed by atoms with E-state index >= 15 is 0 Å². The van der Waals surface area contributed by atoms with E-state index in [1.807, 2.05) is 42.5 Å². The van der Waals surface area contributed by atoms with Crippen LogP contribution in [0.3, 0.4) is 0 Å². The molecule has 0 atom stereocenters. The molecule has 2 amide bonds. The van der Waals surface area contributed by atoms with E-state index in [1.165, 1.54) is 0 Å². The number of hydrogen-bond donors (Lipinski definition) is 2. The number of amides is 2. The SMILES string of the molecule is O=C(NCc1ccccc1)C1CCC(C(=O)NCc2ccncc2)CC1. The Morgan fingerprint density at radius 2 is 1.23 bits per heavy atom. The molecule has 1 fully saturated rings. The Labute approximate surface area is 154 Å². The smallest absolute Gasteiger partial charge is 0.223 e. The molecule has 5 nitrogen and oxygen atoms in total. The minimum absolute atomic E-state index is 0.00927. The van der Waals surface area contributed by atoms with E-state index in [4.69, 9.17) is 0 Å². The minimum Gasteiger partial charge on any atom is -0.352 e. The average Bonchev–Trinajstić information content (AvgIpc) is 2.72. The largest absolute Gasteiger partial charge is 0.352 e. The van der Waals surface area contributed by atoms with Gasteiger partial charge in [0, 0.05) is 37.3 Å². The van der Waals surface area contributed by atoms with Crippen LogP contribution in [0.5, 0.6) is 0 Å². The van der Waals surface area contributed by atoms with Crippen molar-refractivity contribution in [1.82, 2.24) is 15.6 Å². The number of benzene rings is 1. The van der Waals surface area contributed by atoms with Gasteiger partial charge in [0.05, 0.1) is 0 Å². The van der Waals surface area contributed by atoms with Crippen LogP contribution in [-0.2, 0) is 22.7 Å². The monoisotopic (exact) mass is 351 g/mol. The van der Waals surface area contributed by atoms with Gasteiger partial charge in [0.25, 0.3) is 0 Å². The highest BCUT2D eigenvalue weighted by molar-refractivity contribution is 5.81. The van der Waals surface area contributed by atoms with Crippen LogP contribution in [0.25, 0.3) is 0 Å². The second-order valence-corrected chi connectivity index (χ2v) is 6.83. The summed E-state index contributed by atoms with van der Waals surface area (Å²) in [5.41, 5.74) is 2.15. The number of carbonyl (C=O) groups is 2. The molecular formula is C21H25N3O2. The lowest BCUT2D eigenvalue weighted by Gasteiger charge is -2.27. The first-order valence-corrected chi connectivity index (χ1v) is 9.20. The minimum atomic E-state index is 0.00927. The fourth-order valence-corrected chi connectivity index (χ4v) is 3.38. The van der Waals surface area contributed by atoms with Crippen molar-refractivity contribution in [1.29, 1.82) is 0 Å². The summed E-state index contributed by atoms with van der Waals surface area (Å²) in [6.45, 7) is 1.09. The first kappa shape index (κ1) is 18.1. The van der Waals surface area contributed by atoms with Crippen molar-refractivity contribution in [3.8, 4) is 0 Å². The summed E-state index contributed by atoms with van der Waals surface area (Å²) in [6, 6.07) is 13.7. The van der Waals surface area contributed by atoms with Crippen LogP contribution in [0.15, 0.2) is 54.9 Å². The van der Waals surface area contributed by atoms with Gasteiger partial charge in [0.2, 0.25) is 11.8 Å². The highest BCUT2D eigenvalue weighted by atomic mass is 16.2. The lowest BCUT2D eigenvalue weighted by molar-refractivity contribution is -0.130. The maximum Gasteiger partial charge on any atom is 0.223 e. The van der Waals surface area contributed by atoms with Crippen LogP contribution in [-0.4, -0.2) is 16.8 Å². The van der Waals surface area contributed by atoms with Gasteiger partial charge in [-0.3, -0.25) is 14.6 Å². The van der Waals surface area contributed by atoms with Gasteiger partial charge in [0.1, 0.15) is 0 Å². The molecule has 1 heterocycles. The molecule has 1 saturated carbocycles. The highest BCUT2D eigenvalue weighted by Gasteiger charge is 2.29. The van der Waals surface area contributed by atoms with E-state index in [9.17, 15) is 9.59 Å². The molecule has 0 radical (unpaired) electrons. The van der Waals surface area contributed by atoms with E-state index in [0.717, 1.165) is 36.8 Å². The Bertz CT molecular complexity index is 647. The number of rotatable bonds is 6. The molecule has 5 heteroatoms. The van der Waals surface area contributed by atoms with Crippen LogP contribution in [0.2, 0.25) is 0 Å². The van der Waals surface area contributed by atoms with Crippen LogP contribution in [0.1, 0.15) is 36.8 Å². The normalized spacial score (nSPS) is 19.5. The summed E-state index contributed by atoms with van der Waals surface area (Å²) in [5, 5.41) is 6.01. The van der Waals surface area contributed by atoms with Gasteiger partial charge >= 0.3 is 0 Å². The predicted octanol–water partition coefficient (Wildman–Crippen LogP) is 2.82. The van der Waals surface area contributed by atoms with Gasteiger partial charge in [-0.2, -0.15) is 0 Å². The highest BCUT2D eigenvalue weighted by Crippen LogP contribution is 2.29. The van der Waals surface area contributed by atoms with E-state index in [1.54, 1.807) is 12.4 Å². The van der Waals surface area contributed by atoms with Crippen molar-refractivity contribution in [3.05, 3.63) is 66.0 Å². The molecule has 1 aliphatic rings. The Kier molecular flexibility index (Phi) is 6.36. The third-order valence-electron chi connectivity index (χ3n) is 4.99. The molecule has 0 bridgehead atoms. The zero-order valence-corrected chi connectivity index (χ0v) is 14.9. The first-order chi connectivity index (χ1) is 12.7. The van der Waals surface area contributed by atoms with Crippen molar-refractivity contribution >= 4 is 11.8 Å². The van der Waals surface area contributed by atoms with Crippen LogP contribution < -0.4 is 10.6 Å². The zero-order valence-electron chi connectivity index (χ0n) is 14.9. The lowest BCUT2D eigenvalue weighted by atomic mass is 9.81. The van der Waals surface area contributed by atoms with E-state index < -0.39 is 0 Å². The van der Waals surface area contributed by atoms with Gasteiger partial charge in [0.15, 0.2) is 0 Å². The van der Waals surface area contributed by atoms with Gasteiger partial charge in [-0.25, -0.2) is 0 Å². The quantitative estimate of drug-likeness (QED) is 0.841. The maximum absolute atomic E-state index is 12.3. The number of hydrogen-bond acceptors (Lipinski definition) is 3. The van der Waals surface area contributed by atoms with E-state index in [2.05, 4.69) is 15.6 Å². The second-order valence-electron chi connectivity index (χ2n) is 6.83. The standard InChI is InChI=1S/C21H25N3O2/c25-20(23-14-16-4-2-1-3-5-16)18-6-8-19(9-7-18)21(26)24-15-17-10-12-22-13-11-17/h1-5,10-13,18-19H,6-9,14-15H2,(H,23,25)(H,24,26). The van der Waals surface area contributed by atoms with Crippen molar-refractivity contribution in [2.45, 2.75) is 38.8 Å². The summed E-state index contributed by atoms with van der Waals surface area (Å²) in [7, 11) is 0. The molecule has 1 aromatic carbocycles. The molecule has 0 spiro atoms. The molecule has 1 aromatic heterocycles. The molecule has 0 aliphatic heterocycles. The lowest BCUT2D eigenvalue weighted by Crippen LogP contribution is -2.37. The number of carbonyl (C=O) groups excluding carboxylic acids is 2. The topological polar surface area (TPSA) is 71.1 Å². The van der Waals surface area contributed by atoms with Crippen molar-refractivity contribution in [2.75, 3.05) is 0 Å². The number of pyridine rings is 1. The summed E-state index contributed by atoms with van der Waals surface area (Å²) in [6.07, 6.45) is 6.53. The zero-order chi connectivity index (χ0) is 18.2. The molecule has 26 heavy (non-hydrogen) atoms. The summed E-state index contributed by atoms with van der Waals surface area (Å²) >= 11 is 0. The Balaban J connectivity index is 1.39. The van der Waals surface area contributed by atoms with Gasteiger partial charge in [-0.15, -0.1) is 0 Å². The summed E-state index contributed by atoms with van der Waals surface area (Å²) < 4.78 is 0. The van der Waals surface area contributed by atoms with Crippen molar-refractivity contribution in [2.24, 2.45) is 11.8 Å². The Morgan fingerprint density at radius 3 is 1.73 bits per heavy atom. The van der Waals surface area contributed by atoms with Gasteiger partial charge in [-0.05, 0) is 48.9 Å². The van der Waals surface area contributed by atoms with Gasteiger partial charge in [-0.1, -0.05) is 30.3 Å². The Hall–Kier alpha value is -2.69. The number of aromatic nitrogens is 1. The fourth-order valence-electron chi connectivity index (χ4n) is 3.38. The molecule has 3 rings (SSSR count). The maximum atomic E-state index is 12.3. The third-order valence-corrected chi connectivity index (χ3v) is 4.99. The average molecular weight is 351 g/mol. The molecule has 0 saturated heterocycles. The summed E-state index contributed by atoms with van der Waals surface area (Å²) in [4.78, 5) is 28.6. The number of nitrogens with zero attached hydrogens (tertiary/aromatic N) is 1. The van der Waals surface area contributed by atoms with E-state index in [-0.39, 0.29) is 23.7 Å². The summed E-state index contributed by atoms with van der Waals surface area (Å²) in [5.74, 6) is 0.215. The second kappa shape index (κ2) is 9.13. The predicted molar refractivity (Wildman–Crippen MR) is 99.8 cm³/mol. The molecule has 1 aliphatic carbocycles. The van der Waals surface area contributed by atoms with Crippen molar-refractivity contribution in [3.63, 3.8) is 0 Å². The van der Waals surface area contributed by atoms with Crippen LogP contribution in [0, 0.1) is 11.8 Å². The molecule has 136 valence electrons. The van der Waals surface area contributed by atoms with Crippen LogP contribution >= 0.6 is 0 Å². The van der Waals surface area contributed by atoms with E-state index in [0.29, 0.717) is 13.1 Å². The fraction of sp³-hybridized carbons (Fsp3) is 0.381. The van der Waals surface area contributed by atoms with Gasteiger partial charge < -0.3 is 10.6 Å². The molecular weight excluding hydrogens is 326 g/mol. The van der Waals surface area contributed by atoms with Crippen molar-refractivity contribution < 1.29 is 9.59 Å². The third kappa shape index (κ3) is 5.15. The van der Waals surface area contributed by atoms with Crippen LogP contribution in [0.4, 0.5) is 0 Å². The Morgan fingerprint density at radius 1 is 0.769 bits per heavy atom. The number of nitrogens with one attached hydrogen (secondary N) is 2. The molecule has 2 aromatic rings. The molecule has 2 N–H and O–H groups in total.